The summed E-state index contributed by atoms with van der Waals surface area (Å²) in [7, 11) is 0. The second kappa shape index (κ2) is 5.53. The predicted molar refractivity (Wildman–Crippen MR) is 61.5 cm³/mol. The van der Waals surface area contributed by atoms with Crippen molar-refractivity contribution >= 4 is 11.9 Å². The number of nitrogens with one attached hydrogen (secondary N) is 1. The topological polar surface area (TPSA) is 116 Å². The molecule has 0 saturated carbocycles. The lowest BCUT2D eigenvalue weighted by Gasteiger charge is -2.33. The number of imidazole rings is 1. The molecule has 0 radical (unpaired) electrons. The summed E-state index contributed by atoms with van der Waals surface area (Å²) < 4.78 is 25.5. The predicted octanol–water partition coefficient (Wildman–Crippen LogP) is -0.686. The number of amides is 1. The van der Waals surface area contributed by atoms with E-state index in [0.29, 0.717) is 0 Å². The number of hydrogen-bond acceptors (Lipinski definition) is 5. The molecule has 3 N–H and O–H groups in total. The van der Waals surface area contributed by atoms with Crippen LogP contribution in [-0.4, -0.2) is 55.8 Å². The van der Waals surface area contributed by atoms with Gasteiger partial charge in [0.2, 0.25) is 5.91 Å². The van der Waals surface area contributed by atoms with Crippen LogP contribution >= 0.6 is 0 Å². The maximum atomic E-state index is 11.1. The maximum absolute atomic E-state index is 11.1. The van der Waals surface area contributed by atoms with Crippen LogP contribution in [0.25, 0.3) is 0 Å². The molecule has 0 aliphatic carbocycles. The minimum absolute atomic E-state index is 0.102. The molecule has 2 atom stereocenters. The van der Waals surface area contributed by atoms with E-state index in [-0.39, 0.29) is 43.3 Å². The van der Waals surface area contributed by atoms with E-state index >= 15 is 0 Å². The number of H-pyrrole nitrogens is 1. The summed E-state index contributed by atoms with van der Waals surface area (Å²) in [6.45, 7) is -0.298. The van der Waals surface area contributed by atoms with Crippen LogP contribution < -0.4 is 0 Å². The molecule has 2 aliphatic rings. The second-order valence-electron chi connectivity index (χ2n) is 3.69. The number of fused-ring (bicyclic) bond motifs is 1. The Kier molecular flexibility index (Phi) is 2.78. The van der Waals surface area contributed by atoms with Crippen molar-refractivity contribution in [3.05, 3.63) is 30.5 Å². The molecular weight excluding hydrogens is 254 g/mol. The Morgan fingerprint density at radius 1 is 1.79 bits per heavy atom. The Bertz CT molecular complexity index is 613. The standard InChI is InChI=1S/C8H9NO5.C3H4N2/c10-2-1-4-7(8(12)13)9-5(11)3-6(9)14-4;1-2-5-3-4-1/h1,6-7,10H,2-3H2,(H,12,13);1-3H,(H,4,5)/b4-1-;/t6-,7-;/m1./s1/i;1D,2D,3D. The van der Waals surface area contributed by atoms with Crippen molar-refractivity contribution in [3.8, 4) is 0 Å². The van der Waals surface area contributed by atoms with Crippen LogP contribution in [0.4, 0.5) is 0 Å². The van der Waals surface area contributed by atoms with Gasteiger partial charge in [0.15, 0.2) is 12.3 Å². The molecule has 8 heteroatoms. The van der Waals surface area contributed by atoms with Gasteiger partial charge in [0.1, 0.15) is 7.13 Å². The number of carbonyl (C=O) groups is 2. The molecule has 2 aliphatic heterocycles. The van der Waals surface area contributed by atoms with Crippen molar-refractivity contribution in [1.82, 2.24) is 14.9 Å². The van der Waals surface area contributed by atoms with Gasteiger partial charge in [-0.25, -0.2) is 9.78 Å². The van der Waals surface area contributed by atoms with E-state index in [1.54, 1.807) is 0 Å². The number of aliphatic carboxylic acids is 1. The highest BCUT2D eigenvalue weighted by Gasteiger charge is 2.53. The van der Waals surface area contributed by atoms with E-state index in [0.717, 1.165) is 0 Å². The van der Waals surface area contributed by atoms with Gasteiger partial charge < -0.3 is 19.9 Å². The van der Waals surface area contributed by atoms with Crippen molar-refractivity contribution in [2.75, 3.05) is 6.61 Å². The molecule has 3 rings (SSSR count). The van der Waals surface area contributed by atoms with E-state index in [4.69, 9.17) is 19.1 Å². The van der Waals surface area contributed by atoms with Crippen LogP contribution in [0.1, 0.15) is 10.5 Å². The minimum atomic E-state index is -1.14. The third-order valence-electron chi connectivity index (χ3n) is 2.58. The largest absolute Gasteiger partial charge is 0.479 e. The van der Waals surface area contributed by atoms with Crippen molar-refractivity contribution in [3.63, 3.8) is 0 Å². The van der Waals surface area contributed by atoms with Crippen LogP contribution in [0.2, 0.25) is 0 Å². The van der Waals surface area contributed by atoms with Crippen LogP contribution in [0.3, 0.4) is 0 Å². The summed E-state index contributed by atoms with van der Waals surface area (Å²) in [5, 5.41) is 17.5. The lowest BCUT2D eigenvalue weighted by atomic mass is 10.1. The number of carbonyl (C=O) groups excluding carboxylic acids is 1. The number of aliphatic hydroxyl groups excluding tert-OH is 1. The molecule has 3 heterocycles. The molecule has 0 unspecified atom stereocenters. The monoisotopic (exact) mass is 270 g/mol. The quantitative estimate of drug-likeness (QED) is 0.613. The van der Waals surface area contributed by atoms with Gasteiger partial charge in [-0.1, -0.05) is 0 Å². The van der Waals surface area contributed by atoms with Crippen LogP contribution in [0, 0.1) is 0 Å². The van der Waals surface area contributed by atoms with Crippen molar-refractivity contribution in [2.24, 2.45) is 0 Å². The summed E-state index contributed by atoms with van der Waals surface area (Å²) in [6.07, 6.45) is 0.628. The fraction of sp³-hybridized carbons (Fsp3) is 0.364. The Labute approximate surface area is 112 Å². The average molecular weight is 270 g/mol. The number of carboxylic acid groups (broad SMARTS) is 1. The van der Waals surface area contributed by atoms with Gasteiger partial charge >= 0.3 is 5.97 Å². The number of β-lactam (4-membered cyclic amide) rings is 1. The Balaban J connectivity index is 0.000000188. The van der Waals surface area contributed by atoms with Crippen LogP contribution in [-0.2, 0) is 14.3 Å². The summed E-state index contributed by atoms with van der Waals surface area (Å²) in [4.78, 5) is 28.6. The first kappa shape index (κ1) is 9.56. The number of ether oxygens (including phenoxy) is 1. The van der Waals surface area contributed by atoms with Gasteiger partial charge in [0.25, 0.3) is 0 Å². The normalized spacial score (nSPS) is 28.3. The van der Waals surface area contributed by atoms with E-state index in [1.165, 1.54) is 11.0 Å². The molecule has 1 aromatic rings. The zero-order valence-electron chi connectivity index (χ0n) is 12.7. The van der Waals surface area contributed by atoms with Gasteiger partial charge in [0.05, 0.1) is 22.1 Å². The van der Waals surface area contributed by atoms with Crippen molar-refractivity contribution in [2.45, 2.75) is 18.7 Å². The van der Waals surface area contributed by atoms with E-state index < -0.39 is 18.2 Å². The first-order chi connectivity index (χ1) is 10.3. The number of rotatable bonds is 2. The zero-order valence-corrected chi connectivity index (χ0v) is 9.66. The van der Waals surface area contributed by atoms with Gasteiger partial charge in [0, 0.05) is 12.3 Å². The highest BCUT2D eigenvalue weighted by molar-refractivity contribution is 5.91. The number of hydrogen-bond donors (Lipinski definition) is 3. The molecule has 1 aromatic heterocycles. The zero-order chi connectivity index (χ0) is 16.4. The molecule has 8 nitrogen and oxygen atoms in total. The number of aromatic nitrogens is 2. The highest BCUT2D eigenvalue weighted by atomic mass is 16.5. The first-order valence-electron chi connectivity index (χ1n) is 6.86. The second-order valence-corrected chi connectivity index (χ2v) is 3.69. The first-order valence-corrected chi connectivity index (χ1v) is 5.36. The Morgan fingerprint density at radius 2 is 2.58 bits per heavy atom. The lowest BCUT2D eigenvalue weighted by molar-refractivity contribution is -0.163. The Morgan fingerprint density at radius 3 is 3.00 bits per heavy atom. The number of nitrogens with zero attached hydrogens (tertiary/aromatic N) is 2. The summed E-state index contributed by atoms with van der Waals surface area (Å²) in [6, 6.07) is -1.06. The van der Waals surface area contributed by atoms with Gasteiger partial charge in [-0.3, -0.25) is 9.69 Å². The molecule has 2 fully saturated rings. The molecule has 1 amide bonds. The van der Waals surface area contributed by atoms with E-state index in [9.17, 15) is 9.59 Å². The lowest BCUT2D eigenvalue weighted by Crippen LogP contribution is -2.54. The SMILES string of the molecule is O=C(O)[C@H]1/C(=C/CO)O[C@@H]2CC(=O)N21.[2H]c1nc([2H])c([2H])[nH]1. The fourth-order valence-corrected chi connectivity index (χ4v) is 1.80. The smallest absolute Gasteiger partial charge is 0.334 e. The van der Waals surface area contributed by atoms with E-state index in [1.807, 2.05) is 0 Å². The number of carboxylic acids is 1. The molecule has 19 heavy (non-hydrogen) atoms. The highest BCUT2D eigenvalue weighted by Crippen LogP contribution is 2.36. The summed E-state index contributed by atoms with van der Waals surface area (Å²) >= 11 is 0. The van der Waals surface area contributed by atoms with Gasteiger partial charge in [-0.15, -0.1) is 0 Å². The maximum Gasteiger partial charge on any atom is 0.334 e. The molecular formula is C11H13N3O5. The van der Waals surface area contributed by atoms with Crippen molar-refractivity contribution < 1.29 is 28.7 Å². The van der Waals surface area contributed by atoms with Crippen LogP contribution in [0.5, 0.6) is 0 Å². The number of aliphatic hydroxyl groups is 1. The summed E-state index contributed by atoms with van der Waals surface area (Å²) in [5.41, 5.74) is 0. The van der Waals surface area contributed by atoms with Gasteiger partial charge in [-0.2, -0.15) is 0 Å². The Hall–Kier alpha value is -2.35. The summed E-state index contributed by atoms with van der Waals surface area (Å²) in [5.74, 6) is -1.22. The molecule has 0 bridgehead atoms. The third-order valence-corrected chi connectivity index (χ3v) is 2.58. The number of aromatic amines is 1. The minimum Gasteiger partial charge on any atom is -0.479 e. The van der Waals surface area contributed by atoms with Crippen LogP contribution in [0.15, 0.2) is 30.5 Å². The third kappa shape index (κ3) is 2.58. The van der Waals surface area contributed by atoms with Gasteiger partial charge in [-0.05, 0) is 6.08 Å². The molecule has 102 valence electrons. The molecule has 0 aromatic carbocycles. The fourth-order valence-electron chi connectivity index (χ4n) is 1.80. The molecule has 2 saturated heterocycles. The van der Waals surface area contributed by atoms with E-state index in [2.05, 4.69) is 9.97 Å². The molecule has 0 spiro atoms. The van der Waals surface area contributed by atoms with Crippen molar-refractivity contribution in [1.29, 1.82) is 0 Å². The average Bonchev–Trinajstić information content (AvgIpc) is 2.87.